The third-order valence-electron chi connectivity index (χ3n) is 1.88. The Morgan fingerprint density at radius 3 is 2.86 bits per heavy atom. The summed E-state index contributed by atoms with van der Waals surface area (Å²) in [6, 6.07) is 0. The monoisotopic (exact) mass is 190 g/mol. The van der Waals surface area contributed by atoms with Gasteiger partial charge in [-0.05, 0) is 20.6 Å². The van der Waals surface area contributed by atoms with Gasteiger partial charge < -0.3 is 10.3 Å². The van der Waals surface area contributed by atoms with E-state index in [1.54, 1.807) is 6.20 Å². The van der Waals surface area contributed by atoms with Gasteiger partial charge in [-0.15, -0.1) is 0 Å². The number of hydrogen-bond donors (Lipinski definition) is 1. The Hall–Kier alpha value is -1.84. The highest BCUT2D eigenvalue weighted by Crippen LogP contribution is 2.13. The van der Waals surface area contributed by atoms with Crippen molar-refractivity contribution in [2.45, 2.75) is 13.8 Å². The first-order chi connectivity index (χ1) is 6.70. The molecule has 0 bridgehead atoms. The molecule has 1 heterocycles. The van der Waals surface area contributed by atoms with Gasteiger partial charge in [0.25, 0.3) is 0 Å². The summed E-state index contributed by atoms with van der Waals surface area (Å²) >= 11 is 0. The Bertz CT molecular complexity index is 385. The number of allylic oxidation sites excluding steroid dienone is 2. The van der Waals surface area contributed by atoms with Gasteiger partial charge in [0.2, 0.25) is 0 Å². The van der Waals surface area contributed by atoms with Gasteiger partial charge >= 0.3 is 0 Å². The van der Waals surface area contributed by atoms with Crippen molar-refractivity contribution in [1.29, 1.82) is 0 Å². The van der Waals surface area contributed by atoms with E-state index in [1.165, 1.54) is 6.20 Å². The van der Waals surface area contributed by atoms with Gasteiger partial charge in [-0.2, -0.15) is 0 Å². The highest BCUT2D eigenvalue weighted by atomic mass is 15.1. The Balaban J connectivity index is 3.13. The van der Waals surface area contributed by atoms with Crippen LogP contribution < -0.4 is 5.73 Å². The minimum Gasteiger partial charge on any atom is -0.396 e. The zero-order valence-electron chi connectivity index (χ0n) is 8.44. The number of hydrogen-bond acceptors (Lipinski definition) is 3. The molecule has 0 aliphatic carbocycles. The van der Waals surface area contributed by atoms with Crippen LogP contribution in [0.25, 0.3) is 5.70 Å². The lowest BCUT2D eigenvalue weighted by molar-refractivity contribution is 0.985. The largest absolute Gasteiger partial charge is 0.396 e. The minimum absolute atomic E-state index is 0.573. The molecule has 4 nitrogen and oxygen atoms in total. The summed E-state index contributed by atoms with van der Waals surface area (Å²) in [6.07, 6.45) is 7.02. The first kappa shape index (κ1) is 10.2. The standard InChI is InChI=1S/C10H14N4/c1-4-10(9(11)7-12-3)14-6-5-13-8(14)2/h4-7H,3,11H2,1-2H3/b9-7+,10-4+. The topological polar surface area (TPSA) is 56.2 Å². The molecule has 0 saturated carbocycles. The van der Waals surface area contributed by atoms with Crippen LogP contribution in [0.1, 0.15) is 12.7 Å². The first-order valence-corrected chi connectivity index (χ1v) is 4.29. The lowest BCUT2D eigenvalue weighted by Crippen LogP contribution is -2.07. The summed E-state index contributed by atoms with van der Waals surface area (Å²) in [6.45, 7) is 7.19. The molecule has 1 rings (SSSR count). The third-order valence-corrected chi connectivity index (χ3v) is 1.88. The van der Waals surface area contributed by atoms with E-state index in [2.05, 4.69) is 16.7 Å². The molecular formula is C10H14N4. The Morgan fingerprint density at radius 2 is 2.43 bits per heavy atom. The average molecular weight is 190 g/mol. The summed E-state index contributed by atoms with van der Waals surface area (Å²) in [5.74, 6) is 0.888. The highest BCUT2D eigenvalue weighted by Gasteiger charge is 2.04. The number of imidazole rings is 1. The summed E-state index contributed by atoms with van der Waals surface area (Å²) in [4.78, 5) is 7.75. The number of aliphatic imine (C=N–C) groups is 1. The van der Waals surface area contributed by atoms with Crippen molar-refractivity contribution in [3.8, 4) is 0 Å². The molecule has 4 heteroatoms. The molecule has 0 aliphatic heterocycles. The number of rotatable bonds is 3. The van der Waals surface area contributed by atoms with Crippen molar-refractivity contribution in [2.24, 2.45) is 10.7 Å². The zero-order chi connectivity index (χ0) is 10.6. The number of aromatic nitrogens is 2. The predicted molar refractivity (Wildman–Crippen MR) is 58.7 cm³/mol. The molecular weight excluding hydrogens is 176 g/mol. The van der Waals surface area contributed by atoms with E-state index < -0.39 is 0 Å². The van der Waals surface area contributed by atoms with Gasteiger partial charge in [0.15, 0.2) is 0 Å². The van der Waals surface area contributed by atoms with E-state index >= 15 is 0 Å². The van der Waals surface area contributed by atoms with E-state index in [1.807, 2.05) is 30.7 Å². The van der Waals surface area contributed by atoms with Gasteiger partial charge in [-0.3, -0.25) is 4.99 Å². The molecule has 0 radical (unpaired) electrons. The van der Waals surface area contributed by atoms with E-state index in [-0.39, 0.29) is 0 Å². The Kier molecular flexibility index (Phi) is 3.23. The molecule has 0 saturated heterocycles. The molecule has 0 atom stereocenters. The second-order valence-corrected chi connectivity index (χ2v) is 2.79. The fourth-order valence-electron chi connectivity index (χ4n) is 1.24. The van der Waals surface area contributed by atoms with Gasteiger partial charge in [0.05, 0.1) is 17.6 Å². The Labute approximate surface area is 83.5 Å². The fraction of sp³-hybridized carbons (Fsp3) is 0.200. The molecule has 74 valence electrons. The van der Waals surface area contributed by atoms with E-state index in [0.717, 1.165) is 11.5 Å². The van der Waals surface area contributed by atoms with Gasteiger partial charge in [-0.1, -0.05) is 6.08 Å². The van der Waals surface area contributed by atoms with Crippen LogP contribution in [0.15, 0.2) is 35.4 Å². The second-order valence-electron chi connectivity index (χ2n) is 2.79. The molecule has 0 aliphatic rings. The predicted octanol–water partition coefficient (Wildman–Crippen LogP) is 1.55. The molecule has 1 aromatic heterocycles. The molecule has 1 aromatic rings. The molecule has 0 spiro atoms. The number of nitrogens with two attached hydrogens (primary N) is 1. The molecule has 0 unspecified atom stereocenters. The molecule has 0 amide bonds. The molecule has 0 aromatic carbocycles. The van der Waals surface area contributed by atoms with Crippen molar-refractivity contribution < 1.29 is 0 Å². The summed E-state index contributed by atoms with van der Waals surface area (Å²) in [7, 11) is 0. The van der Waals surface area contributed by atoms with Crippen LogP contribution >= 0.6 is 0 Å². The lowest BCUT2D eigenvalue weighted by atomic mass is 10.3. The number of aryl methyl sites for hydroxylation is 1. The van der Waals surface area contributed by atoms with E-state index in [0.29, 0.717) is 5.70 Å². The van der Waals surface area contributed by atoms with E-state index in [4.69, 9.17) is 5.73 Å². The van der Waals surface area contributed by atoms with Crippen molar-refractivity contribution in [3.63, 3.8) is 0 Å². The van der Waals surface area contributed by atoms with Crippen LogP contribution in [-0.4, -0.2) is 16.3 Å². The maximum Gasteiger partial charge on any atom is 0.110 e. The molecule has 2 N–H and O–H groups in total. The minimum atomic E-state index is 0.573. The first-order valence-electron chi connectivity index (χ1n) is 4.29. The highest BCUT2D eigenvalue weighted by molar-refractivity contribution is 5.63. The summed E-state index contributed by atoms with van der Waals surface area (Å²) in [5.41, 5.74) is 7.25. The van der Waals surface area contributed by atoms with Crippen molar-refractivity contribution in [1.82, 2.24) is 9.55 Å². The summed E-state index contributed by atoms with van der Waals surface area (Å²) in [5, 5.41) is 0. The van der Waals surface area contributed by atoms with Crippen molar-refractivity contribution in [3.05, 3.63) is 36.2 Å². The van der Waals surface area contributed by atoms with Crippen LogP contribution in [0.2, 0.25) is 0 Å². The SMILES string of the molecule is C=N/C=C(N)\C(=C/C)n1ccnc1C. The fourth-order valence-corrected chi connectivity index (χ4v) is 1.24. The third kappa shape index (κ3) is 1.90. The van der Waals surface area contributed by atoms with E-state index in [9.17, 15) is 0 Å². The smallest absolute Gasteiger partial charge is 0.110 e. The molecule has 0 fully saturated rings. The van der Waals surface area contributed by atoms with Crippen LogP contribution in [0.5, 0.6) is 0 Å². The quantitative estimate of drug-likeness (QED) is 0.580. The van der Waals surface area contributed by atoms with Crippen LogP contribution in [-0.2, 0) is 0 Å². The zero-order valence-corrected chi connectivity index (χ0v) is 8.44. The van der Waals surface area contributed by atoms with Gasteiger partial charge in [0, 0.05) is 12.4 Å². The Morgan fingerprint density at radius 1 is 1.71 bits per heavy atom. The van der Waals surface area contributed by atoms with Crippen molar-refractivity contribution >= 4 is 12.4 Å². The van der Waals surface area contributed by atoms with Crippen LogP contribution in [0.3, 0.4) is 0 Å². The van der Waals surface area contributed by atoms with Crippen LogP contribution in [0, 0.1) is 6.92 Å². The number of nitrogens with zero attached hydrogens (tertiary/aromatic N) is 3. The van der Waals surface area contributed by atoms with Gasteiger partial charge in [0.1, 0.15) is 5.82 Å². The maximum atomic E-state index is 5.81. The summed E-state index contributed by atoms with van der Waals surface area (Å²) < 4.78 is 1.90. The van der Waals surface area contributed by atoms with Crippen LogP contribution in [0.4, 0.5) is 0 Å². The van der Waals surface area contributed by atoms with Gasteiger partial charge in [-0.25, -0.2) is 4.98 Å². The normalized spacial score (nSPS) is 13.0. The lowest BCUT2D eigenvalue weighted by Gasteiger charge is -2.09. The van der Waals surface area contributed by atoms with Crippen molar-refractivity contribution in [2.75, 3.05) is 0 Å². The average Bonchev–Trinajstić information content (AvgIpc) is 2.54. The second kappa shape index (κ2) is 4.41. The molecule has 14 heavy (non-hydrogen) atoms. The maximum absolute atomic E-state index is 5.81.